The number of hydrogen-bond donors (Lipinski definition) is 5. The topological polar surface area (TPSA) is 192 Å². The molecule has 0 amide bonds. The number of rotatable bonds is 2. The minimum absolute atomic E-state index is 0.0509. The van der Waals surface area contributed by atoms with Crippen LogP contribution in [0.2, 0.25) is 0 Å². The molecule has 2 aromatic rings. The third-order valence-electron chi connectivity index (χ3n) is 2.48. The average Bonchev–Trinajstić information content (AvgIpc) is 2.63. The maximum Gasteiger partial charge on any atom is 0.337 e. The Morgan fingerprint density at radius 2 is 1.41 bits per heavy atom. The number of guanidine groups is 2. The number of nitrogens with one attached hydrogen (secondary N) is 1. The molecule has 27 heavy (non-hydrogen) atoms. The van der Waals surface area contributed by atoms with E-state index in [-0.39, 0.29) is 23.0 Å². The minimum atomic E-state index is -0.942. The molecule has 0 aliphatic carbocycles. The molecule has 2 rings (SSSR count). The van der Waals surface area contributed by atoms with E-state index in [9.17, 15) is 9.59 Å². The van der Waals surface area contributed by atoms with Gasteiger partial charge in [-0.3, -0.25) is 15.4 Å². The number of hydrogen-bond acceptors (Lipinski definition) is 5. The highest BCUT2D eigenvalue weighted by molar-refractivity contribution is 5.91. The molecule has 0 bridgehead atoms. The van der Waals surface area contributed by atoms with Crippen LogP contribution < -0.4 is 11.5 Å². The SMILES string of the molecule is CN(C)C(=N)N=C(N)N.O=C(O)c1cccnc1.O=C(O)c1cccnc1. The van der Waals surface area contributed by atoms with Gasteiger partial charge in [0.1, 0.15) is 0 Å². The van der Waals surface area contributed by atoms with Crippen molar-refractivity contribution in [2.24, 2.45) is 16.5 Å². The fourth-order valence-electron chi connectivity index (χ4n) is 1.20. The lowest BCUT2D eigenvalue weighted by Gasteiger charge is -2.07. The molecule has 2 aromatic heterocycles. The first-order valence-corrected chi connectivity index (χ1v) is 7.27. The summed E-state index contributed by atoms with van der Waals surface area (Å²) in [7, 11) is 3.38. The molecular weight excluding hydrogens is 354 g/mol. The van der Waals surface area contributed by atoms with Gasteiger partial charge in [-0.1, -0.05) is 0 Å². The van der Waals surface area contributed by atoms with Crippen LogP contribution in [-0.4, -0.2) is 63.0 Å². The zero-order valence-corrected chi connectivity index (χ0v) is 14.8. The van der Waals surface area contributed by atoms with Crippen molar-refractivity contribution in [3.05, 3.63) is 60.2 Å². The zero-order valence-electron chi connectivity index (χ0n) is 14.8. The van der Waals surface area contributed by atoms with Crippen LogP contribution in [0.4, 0.5) is 0 Å². The molecule has 0 saturated carbocycles. The van der Waals surface area contributed by atoms with Crippen molar-refractivity contribution in [2.75, 3.05) is 14.1 Å². The molecule has 0 unspecified atom stereocenters. The van der Waals surface area contributed by atoms with Gasteiger partial charge >= 0.3 is 11.9 Å². The Hall–Kier alpha value is -4.02. The molecule has 7 N–H and O–H groups in total. The van der Waals surface area contributed by atoms with E-state index < -0.39 is 11.9 Å². The Balaban J connectivity index is 0.000000376. The van der Waals surface area contributed by atoms with E-state index in [0.717, 1.165) is 0 Å². The van der Waals surface area contributed by atoms with E-state index >= 15 is 0 Å². The van der Waals surface area contributed by atoms with Crippen LogP contribution >= 0.6 is 0 Å². The highest BCUT2D eigenvalue weighted by Gasteiger charge is 1.98. The van der Waals surface area contributed by atoms with Crippen molar-refractivity contribution in [3.8, 4) is 0 Å². The van der Waals surface area contributed by atoms with Crippen molar-refractivity contribution in [3.63, 3.8) is 0 Å². The summed E-state index contributed by atoms with van der Waals surface area (Å²) >= 11 is 0. The van der Waals surface area contributed by atoms with Crippen LogP contribution in [-0.2, 0) is 0 Å². The fourth-order valence-corrected chi connectivity index (χ4v) is 1.20. The summed E-state index contributed by atoms with van der Waals surface area (Å²) in [6.45, 7) is 0. The molecule has 2 heterocycles. The lowest BCUT2D eigenvalue weighted by Crippen LogP contribution is -2.28. The van der Waals surface area contributed by atoms with Crippen LogP contribution in [0.25, 0.3) is 0 Å². The molecule has 0 aliphatic rings. The van der Waals surface area contributed by atoms with Gasteiger partial charge in [-0.2, -0.15) is 4.99 Å². The maximum absolute atomic E-state index is 10.2. The Kier molecular flexibility index (Phi) is 10.5. The number of nitrogens with zero attached hydrogens (tertiary/aromatic N) is 4. The van der Waals surface area contributed by atoms with Gasteiger partial charge in [-0.15, -0.1) is 0 Å². The fraction of sp³-hybridized carbons (Fsp3) is 0.125. The molecule has 11 nitrogen and oxygen atoms in total. The van der Waals surface area contributed by atoms with Crippen molar-refractivity contribution in [1.82, 2.24) is 14.9 Å². The number of aromatic nitrogens is 2. The van der Waals surface area contributed by atoms with Crippen LogP contribution in [0.5, 0.6) is 0 Å². The average molecular weight is 375 g/mol. The van der Waals surface area contributed by atoms with Gasteiger partial charge in [-0.05, 0) is 24.3 Å². The molecule has 11 heteroatoms. The highest BCUT2D eigenvalue weighted by Crippen LogP contribution is 1.93. The second kappa shape index (κ2) is 12.4. The van der Waals surface area contributed by atoms with Crippen LogP contribution in [0.3, 0.4) is 0 Å². The van der Waals surface area contributed by atoms with Crippen LogP contribution in [0.1, 0.15) is 20.7 Å². The number of carbonyl (C=O) groups is 2. The molecule has 0 atom stereocenters. The number of carboxylic acid groups (broad SMARTS) is 2. The van der Waals surface area contributed by atoms with Crippen molar-refractivity contribution >= 4 is 23.9 Å². The Morgan fingerprint density at radius 3 is 1.56 bits per heavy atom. The molecule has 0 aromatic carbocycles. The highest BCUT2D eigenvalue weighted by atomic mass is 16.4. The second-order valence-electron chi connectivity index (χ2n) is 4.85. The molecular formula is C16H21N7O4. The number of carboxylic acids is 2. The van der Waals surface area contributed by atoms with E-state index in [1.54, 1.807) is 26.2 Å². The Labute approximate surface area is 155 Å². The normalized spacial score (nSPS) is 8.67. The van der Waals surface area contributed by atoms with Crippen LogP contribution in [0.15, 0.2) is 54.0 Å². The predicted octanol–water partition coefficient (Wildman–Crippen LogP) is 0.316. The summed E-state index contributed by atoms with van der Waals surface area (Å²) in [5.41, 5.74) is 10.4. The summed E-state index contributed by atoms with van der Waals surface area (Å²) in [5.74, 6) is -1.92. The first-order valence-electron chi connectivity index (χ1n) is 7.27. The lowest BCUT2D eigenvalue weighted by molar-refractivity contribution is 0.0685. The summed E-state index contributed by atoms with van der Waals surface area (Å²) in [6, 6.07) is 6.16. The first-order chi connectivity index (χ1) is 12.6. The lowest BCUT2D eigenvalue weighted by atomic mass is 10.3. The predicted molar refractivity (Wildman–Crippen MR) is 99.6 cm³/mol. The van der Waals surface area contributed by atoms with Gasteiger partial charge in [-0.25, -0.2) is 9.59 Å². The molecule has 0 radical (unpaired) electrons. The second-order valence-corrected chi connectivity index (χ2v) is 4.85. The Morgan fingerprint density at radius 1 is 1.00 bits per heavy atom. The van der Waals surface area contributed by atoms with Crippen molar-refractivity contribution < 1.29 is 19.8 Å². The third-order valence-corrected chi connectivity index (χ3v) is 2.48. The van der Waals surface area contributed by atoms with Gasteiger partial charge in [0, 0.05) is 38.9 Å². The van der Waals surface area contributed by atoms with E-state index in [0.29, 0.717) is 0 Å². The van der Waals surface area contributed by atoms with Gasteiger partial charge < -0.3 is 26.6 Å². The summed E-state index contributed by atoms with van der Waals surface area (Å²) in [6.07, 6.45) is 5.68. The number of aliphatic imine (C=N–C) groups is 1. The molecule has 0 fully saturated rings. The zero-order chi connectivity index (χ0) is 20.8. The Bertz CT molecular complexity index is 711. The smallest absolute Gasteiger partial charge is 0.337 e. The molecule has 0 saturated heterocycles. The summed E-state index contributed by atoms with van der Waals surface area (Å²) in [5, 5.41) is 23.7. The van der Waals surface area contributed by atoms with E-state index in [4.69, 9.17) is 27.1 Å². The molecule has 0 aliphatic heterocycles. The molecule has 144 valence electrons. The third kappa shape index (κ3) is 11.2. The largest absolute Gasteiger partial charge is 0.478 e. The van der Waals surface area contributed by atoms with Gasteiger partial charge in [0.15, 0.2) is 5.96 Å². The summed E-state index contributed by atoms with van der Waals surface area (Å²) in [4.78, 5) is 32.5. The van der Waals surface area contributed by atoms with E-state index in [1.807, 2.05) is 0 Å². The maximum atomic E-state index is 10.2. The van der Waals surface area contributed by atoms with Gasteiger partial charge in [0.25, 0.3) is 0 Å². The molecule has 0 spiro atoms. The van der Waals surface area contributed by atoms with E-state index in [2.05, 4.69) is 15.0 Å². The summed E-state index contributed by atoms with van der Waals surface area (Å²) < 4.78 is 0. The van der Waals surface area contributed by atoms with Gasteiger partial charge in [0.05, 0.1) is 11.1 Å². The number of pyridine rings is 2. The monoisotopic (exact) mass is 375 g/mol. The quantitative estimate of drug-likeness (QED) is 0.363. The van der Waals surface area contributed by atoms with Crippen molar-refractivity contribution in [1.29, 1.82) is 5.41 Å². The van der Waals surface area contributed by atoms with Gasteiger partial charge in [0.2, 0.25) is 5.96 Å². The first kappa shape index (κ1) is 23.0. The minimum Gasteiger partial charge on any atom is -0.478 e. The number of aromatic carboxylic acids is 2. The standard InChI is InChI=1S/2C6H5NO2.C4H11N5/c2*8-6(9)5-2-1-3-7-4-5;1-9(2)4(7)8-3(5)6/h2*1-4H,(H,8,9);1-2H3,(H5,5,6,7,8). The van der Waals surface area contributed by atoms with Crippen LogP contribution in [0, 0.1) is 5.41 Å². The van der Waals surface area contributed by atoms with E-state index in [1.165, 1.54) is 41.8 Å². The van der Waals surface area contributed by atoms with Crippen molar-refractivity contribution in [2.45, 2.75) is 0 Å². The number of nitrogens with two attached hydrogens (primary N) is 2.